The van der Waals surface area contributed by atoms with E-state index in [1.165, 1.54) is 25.7 Å². The number of rotatable bonds is 7. The first kappa shape index (κ1) is 18.1. The molecular formula is C20H34O. The van der Waals surface area contributed by atoms with Gasteiger partial charge >= 0.3 is 0 Å². The van der Waals surface area contributed by atoms with Gasteiger partial charge in [0.1, 0.15) is 5.75 Å². The van der Waals surface area contributed by atoms with Gasteiger partial charge in [0.05, 0.1) is 0 Å². The molecule has 21 heavy (non-hydrogen) atoms. The third kappa shape index (κ3) is 5.73. The standard InChI is InChI=1S/C20H34O/c1-7-8-9-10-12-16-13-11-14-17(18(16)21)20(5,6)15-19(2,3)4/h11,13-14,21H,7-10,12,15H2,1-6H3. The Hall–Kier alpha value is -0.980. The molecule has 0 bridgehead atoms. The molecule has 1 heteroatoms. The highest BCUT2D eigenvalue weighted by Gasteiger charge is 2.29. The van der Waals surface area contributed by atoms with Crippen molar-refractivity contribution >= 4 is 0 Å². The van der Waals surface area contributed by atoms with Crippen LogP contribution in [0.2, 0.25) is 0 Å². The molecule has 0 saturated heterocycles. The molecule has 0 amide bonds. The third-order valence-corrected chi connectivity index (χ3v) is 4.12. The topological polar surface area (TPSA) is 20.2 Å². The van der Waals surface area contributed by atoms with Crippen molar-refractivity contribution in [1.29, 1.82) is 0 Å². The predicted octanol–water partition coefficient (Wildman–Crippen LogP) is 6.23. The Kier molecular flexibility index (Phi) is 6.31. The molecule has 1 rings (SSSR count). The lowest BCUT2D eigenvalue weighted by molar-refractivity contribution is 0.278. The number of aryl methyl sites for hydroxylation is 1. The lowest BCUT2D eigenvalue weighted by Crippen LogP contribution is -2.25. The highest BCUT2D eigenvalue weighted by atomic mass is 16.3. The summed E-state index contributed by atoms with van der Waals surface area (Å²) in [6.45, 7) is 13.5. The van der Waals surface area contributed by atoms with E-state index >= 15 is 0 Å². The first-order chi connectivity index (χ1) is 9.67. The molecule has 0 heterocycles. The van der Waals surface area contributed by atoms with Crippen molar-refractivity contribution in [3.8, 4) is 5.75 Å². The van der Waals surface area contributed by atoms with E-state index < -0.39 is 0 Å². The lowest BCUT2D eigenvalue weighted by Gasteiger charge is -2.33. The minimum atomic E-state index is 0.00175. The van der Waals surface area contributed by atoms with Gasteiger partial charge in [0.2, 0.25) is 0 Å². The van der Waals surface area contributed by atoms with E-state index in [1.54, 1.807) is 0 Å². The highest BCUT2D eigenvalue weighted by molar-refractivity contribution is 5.44. The second kappa shape index (κ2) is 7.33. The summed E-state index contributed by atoms with van der Waals surface area (Å²) in [6.07, 6.45) is 7.02. The Balaban J connectivity index is 2.89. The van der Waals surface area contributed by atoms with E-state index in [0.29, 0.717) is 5.75 Å². The van der Waals surface area contributed by atoms with Gasteiger partial charge in [-0.05, 0) is 41.2 Å². The zero-order chi connectivity index (χ0) is 16.1. The molecule has 1 nitrogen and oxygen atoms in total. The number of phenolic OH excluding ortho intramolecular Hbond substituents is 1. The van der Waals surface area contributed by atoms with Crippen molar-refractivity contribution in [3.05, 3.63) is 29.3 Å². The molecule has 1 aromatic rings. The summed E-state index contributed by atoms with van der Waals surface area (Å²) in [7, 11) is 0. The Bertz CT molecular complexity index is 438. The zero-order valence-corrected chi connectivity index (χ0v) is 14.9. The molecule has 1 N–H and O–H groups in total. The monoisotopic (exact) mass is 290 g/mol. The van der Waals surface area contributed by atoms with E-state index in [1.807, 2.05) is 0 Å². The average molecular weight is 290 g/mol. The van der Waals surface area contributed by atoms with Gasteiger partial charge in [-0.1, -0.05) is 79.0 Å². The molecule has 0 radical (unpaired) electrons. The zero-order valence-electron chi connectivity index (χ0n) is 14.9. The SMILES string of the molecule is CCCCCCc1cccc(C(C)(C)CC(C)(C)C)c1O. The van der Waals surface area contributed by atoms with Gasteiger partial charge in [0.25, 0.3) is 0 Å². The summed E-state index contributed by atoms with van der Waals surface area (Å²) in [5, 5.41) is 10.7. The summed E-state index contributed by atoms with van der Waals surface area (Å²) < 4.78 is 0. The molecule has 0 aliphatic heterocycles. The summed E-state index contributed by atoms with van der Waals surface area (Å²) >= 11 is 0. The molecule has 0 spiro atoms. The fourth-order valence-electron chi connectivity index (χ4n) is 3.50. The maximum absolute atomic E-state index is 10.7. The predicted molar refractivity (Wildman–Crippen MR) is 93.1 cm³/mol. The fourth-order valence-corrected chi connectivity index (χ4v) is 3.50. The molecule has 1 aromatic carbocycles. The van der Waals surface area contributed by atoms with E-state index in [4.69, 9.17) is 0 Å². The number of para-hydroxylation sites is 1. The summed E-state index contributed by atoms with van der Waals surface area (Å²) in [5.41, 5.74) is 2.48. The van der Waals surface area contributed by atoms with E-state index in [0.717, 1.165) is 24.0 Å². The highest BCUT2D eigenvalue weighted by Crippen LogP contribution is 2.41. The molecule has 120 valence electrons. The van der Waals surface area contributed by atoms with Gasteiger partial charge in [0, 0.05) is 0 Å². The molecule has 0 atom stereocenters. The maximum atomic E-state index is 10.7. The number of hydrogen-bond acceptors (Lipinski definition) is 1. The summed E-state index contributed by atoms with van der Waals surface area (Å²) in [4.78, 5) is 0. The van der Waals surface area contributed by atoms with E-state index in [-0.39, 0.29) is 10.8 Å². The minimum absolute atomic E-state index is 0.00175. The van der Waals surface area contributed by atoms with Crippen LogP contribution in [0.5, 0.6) is 5.75 Å². The van der Waals surface area contributed by atoms with Crippen molar-refractivity contribution < 1.29 is 5.11 Å². The van der Waals surface area contributed by atoms with Crippen LogP contribution in [0.3, 0.4) is 0 Å². The van der Waals surface area contributed by atoms with Crippen LogP contribution in [0.1, 0.15) is 84.8 Å². The molecule has 0 aliphatic carbocycles. The summed E-state index contributed by atoms with van der Waals surface area (Å²) in [5.74, 6) is 0.531. The van der Waals surface area contributed by atoms with Gasteiger partial charge in [-0.2, -0.15) is 0 Å². The van der Waals surface area contributed by atoms with Crippen molar-refractivity contribution in [3.63, 3.8) is 0 Å². The molecule has 0 fully saturated rings. The first-order valence-corrected chi connectivity index (χ1v) is 8.49. The average Bonchev–Trinajstić information content (AvgIpc) is 2.33. The Morgan fingerprint density at radius 1 is 0.952 bits per heavy atom. The first-order valence-electron chi connectivity index (χ1n) is 8.49. The van der Waals surface area contributed by atoms with Gasteiger partial charge in [0.15, 0.2) is 0 Å². The van der Waals surface area contributed by atoms with Gasteiger partial charge < -0.3 is 5.11 Å². The smallest absolute Gasteiger partial charge is 0.122 e. The quantitative estimate of drug-likeness (QED) is 0.590. The van der Waals surface area contributed by atoms with Crippen LogP contribution in [0.15, 0.2) is 18.2 Å². The number of phenols is 1. The minimum Gasteiger partial charge on any atom is -0.507 e. The van der Waals surface area contributed by atoms with Crippen molar-refractivity contribution in [2.45, 2.75) is 85.5 Å². The van der Waals surface area contributed by atoms with Crippen LogP contribution in [-0.2, 0) is 11.8 Å². The Morgan fingerprint density at radius 2 is 1.62 bits per heavy atom. The van der Waals surface area contributed by atoms with Crippen molar-refractivity contribution in [2.75, 3.05) is 0 Å². The van der Waals surface area contributed by atoms with Crippen LogP contribution < -0.4 is 0 Å². The Morgan fingerprint density at radius 3 is 2.19 bits per heavy atom. The second-order valence-corrected chi connectivity index (χ2v) is 8.25. The van der Waals surface area contributed by atoms with Crippen LogP contribution in [0.4, 0.5) is 0 Å². The van der Waals surface area contributed by atoms with Crippen molar-refractivity contribution in [1.82, 2.24) is 0 Å². The molecule has 0 aliphatic rings. The van der Waals surface area contributed by atoms with Crippen LogP contribution in [0.25, 0.3) is 0 Å². The maximum Gasteiger partial charge on any atom is 0.122 e. The Labute approximate surface area is 131 Å². The second-order valence-electron chi connectivity index (χ2n) is 8.25. The molecule has 0 unspecified atom stereocenters. The van der Waals surface area contributed by atoms with E-state index in [2.05, 4.69) is 59.7 Å². The van der Waals surface area contributed by atoms with Crippen LogP contribution in [0, 0.1) is 5.41 Å². The number of hydrogen-bond donors (Lipinski definition) is 1. The van der Waals surface area contributed by atoms with Gasteiger partial charge in [-0.25, -0.2) is 0 Å². The molecule has 0 aromatic heterocycles. The van der Waals surface area contributed by atoms with Gasteiger partial charge in [-0.15, -0.1) is 0 Å². The largest absolute Gasteiger partial charge is 0.507 e. The van der Waals surface area contributed by atoms with E-state index in [9.17, 15) is 5.11 Å². The van der Waals surface area contributed by atoms with Crippen LogP contribution >= 0.6 is 0 Å². The lowest BCUT2D eigenvalue weighted by atomic mass is 9.71. The third-order valence-electron chi connectivity index (χ3n) is 4.12. The number of benzene rings is 1. The van der Waals surface area contributed by atoms with Crippen molar-refractivity contribution in [2.24, 2.45) is 5.41 Å². The normalized spacial score (nSPS) is 12.7. The fraction of sp³-hybridized carbons (Fsp3) is 0.700. The number of aromatic hydroxyl groups is 1. The molecule has 0 saturated carbocycles. The summed E-state index contributed by atoms with van der Waals surface area (Å²) in [6, 6.07) is 6.28. The number of unbranched alkanes of at least 4 members (excludes halogenated alkanes) is 3. The molecular weight excluding hydrogens is 256 g/mol. The van der Waals surface area contributed by atoms with Crippen LogP contribution in [-0.4, -0.2) is 5.11 Å². The van der Waals surface area contributed by atoms with Gasteiger partial charge in [-0.3, -0.25) is 0 Å².